The van der Waals surface area contributed by atoms with Crippen molar-refractivity contribution in [3.05, 3.63) is 27.9 Å². The van der Waals surface area contributed by atoms with Crippen LogP contribution < -0.4 is 5.32 Å². The van der Waals surface area contributed by atoms with E-state index >= 15 is 0 Å². The number of nitro groups is 1. The van der Waals surface area contributed by atoms with Crippen molar-refractivity contribution in [3.8, 4) is 6.07 Å². The molecule has 0 aliphatic heterocycles. The highest BCUT2D eigenvalue weighted by Crippen LogP contribution is 2.40. The standard InChI is InChI=1S/C13H16N4O2S/c1-20-13(4-2-3-5-13)9-16-12-10(7-14)6-11(8-15-12)17(18)19/h6,8H,2-5,9H2,1H3,(H,15,16). The van der Waals surface area contributed by atoms with Crippen LogP contribution in [0.1, 0.15) is 31.2 Å². The number of aromatic nitrogens is 1. The summed E-state index contributed by atoms with van der Waals surface area (Å²) in [5.74, 6) is 0.429. The third kappa shape index (κ3) is 3.02. The van der Waals surface area contributed by atoms with Gasteiger partial charge in [0, 0.05) is 17.4 Å². The molecule has 1 N–H and O–H groups in total. The summed E-state index contributed by atoms with van der Waals surface area (Å²) in [5.41, 5.74) is 0.0565. The number of rotatable bonds is 5. The van der Waals surface area contributed by atoms with Gasteiger partial charge in [-0.05, 0) is 19.1 Å². The van der Waals surface area contributed by atoms with Crippen LogP contribution in [0.2, 0.25) is 0 Å². The Hall–Kier alpha value is -1.81. The summed E-state index contributed by atoms with van der Waals surface area (Å²) in [6.07, 6.45) is 8.03. The van der Waals surface area contributed by atoms with E-state index in [0.29, 0.717) is 5.82 Å². The molecule has 7 heteroatoms. The number of hydrogen-bond acceptors (Lipinski definition) is 6. The maximum atomic E-state index is 10.7. The molecular formula is C13H16N4O2S. The van der Waals surface area contributed by atoms with E-state index in [4.69, 9.17) is 5.26 Å². The Balaban J connectivity index is 2.13. The highest BCUT2D eigenvalue weighted by atomic mass is 32.2. The fourth-order valence-corrected chi connectivity index (χ4v) is 3.41. The summed E-state index contributed by atoms with van der Waals surface area (Å²) in [6.45, 7) is 0.730. The largest absolute Gasteiger partial charge is 0.368 e. The van der Waals surface area contributed by atoms with E-state index in [1.54, 1.807) is 0 Å². The molecule has 0 amide bonds. The normalized spacial score (nSPS) is 16.6. The number of pyridine rings is 1. The molecule has 1 aromatic heterocycles. The zero-order chi connectivity index (χ0) is 14.6. The zero-order valence-corrected chi connectivity index (χ0v) is 12.1. The number of anilines is 1. The first-order valence-corrected chi connectivity index (χ1v) is 7.66. The Morgan fingerprint density at radius 1 is 1.60 bits per heavy atom. The second-order valence-corrected chi connectivity index (χ2v) is 6.18. The van der Waals surface area contributed by atoms with Gasteiger partial charge in [-0.1, -0.05) is 12.8 Å². The van der Waals surface area contributed by atoms with Crippen molar-refractivity contribution in [2.45, 2.75) is 30.4 Å². The molecule has 0 atom stereocenters. The van der Waals surface area contributed by atoms with Gasteiger partial charge in [0.1, 0.15) is 23.6 Å². The molecule has 1 heterocycles. The molecular weight excluding hydrogens is 276 g/mol. The molecule has 106 valence electrons. The Labute approximate surface area is 121 Å². The predicted molar refractivity (Wildman–Crippen MR) is 78.8 cm³/mol. The van der Waals surface area contributed by atoms with E-state index in [1.165, 1.54) is 25.1 Å². The number of nitrogens with zero attached hydrogens (tertiary/aromatic N) is 3. The number of nitriles is 1. The summed E-state index contributed by atoms with van der Waals surface area (Å²) in [5, 5.41) is 22.9. The van der Waals surface area contributed by atoms with Crippen molar-refractivity contribution >= 4 is 23.3 Å². The Morgan fingerprint density at radius 2 is 2.30 bits per heavy atom. The Kier molecular flexibility index (Phi) is 4.45. The lowest BCUT2D eigenvalue weighted by Crippen LogP contribution is -2.30. The van der Waals surface area contributed by atoms with Crippen LogP contribution in [0.4, 0.5) is 11.5 Å². The third-order valence-corrected chi connectivity index (χ3v) is 5.15. The van der Waals surface area contributed by atoms with Crippen LogP contribution >= 0.6 is 11.8 Å². The van der Waals surface area contributed by atoms with Gasteiger partial charge < -0.3 is 5.32 Å². The van der Waals surface area contributed by atoms with Gasteiger partial charge in [-0.3, -0.25) is 10.1 Å². The average molecular weight is 292 g/mol. The van der Waals surface area contributed by atoms with E-state index < -0.39 is 4.92 Å². The summed E-state index contributed by atoms with van der Waals surface area (Å²) < 4.78 is 0.191. The van der Waals surface area contributed by atoms with Crippen LogP contribution in [0.25, 0.3) is 0 Å². The second kappa shape index (κ2) is 6.09. The van der Waals surface area contributed by atoms with Gasteiger partial charge in [-0.25, -0.2) is 4.98 Å². The zero-order valence-electron chi connectivity index (χ0n) is 11.3. The minimum atomic E-state index is -0.544. The molecule has 2 rings (SSSR count). The third-order valence-electron chi connectivity index (χ3n) is 3.73. The van der Waals surface area contributed by atoms with E-state index in [1.807, 2.05) is 17.8 Å². The maximum Gasteiger partial charge on any atom is 0.289 e. The first kappa shape index (κ1) is 14.6. The van der Waals surface area contributed by atoms with E-state index in [-0.39, 0.29) is 16.0 Å². The van der Waals surface area contributed by atoms with Crippen molar-refractivity contribution in [1.82, 2.24) is 4.98 Å². The molecule has 0 bridgehead atoms. The quantitative estimate of drug-likeness (QED) is 0.662. The molecule has 1 aliphatic rings. The van der Waals surface area contributed by atoms with Gasteiger partial charge in [0.2, 0.25) is 0 Å². The van der Waals surface area contributed by atoms with Gasteiger partial charge in [0.05, 0.1) is 4.92 Å². The topological polar surface area (TPSA) is 91.8 Å². The summed E-state index contributed by atoms with van der Waals surface area (Å²) >= 11 is 1.84. The average Bonchev–Trinajstić information content (AvgIpc) is 2.94. The predicted octanol–water partition coefficient (Wildman–Crippen LogP) is 2.95. The fourth-order valence-electron chi connectivity index (χ4n) is 2.50. The second-order valence-electron chi connectivity index (χ2n) is 4.91. The number of hydrogen-bond donors (Lipinski definition) is 1. The van der Waals surface area contributed by atoms with Crippen LogP contribution in [0.15, 0.2) is 12.3 Å². The molecule has 0 aromatic carbocycles. The van der Waals surface area contributed by atoms with Crippen LogP contribution in [0.5, 0.6) is 0 Å². The van der Waals surface area contributed by atoms with E-state index in [2.05, 4.69) is 16.6 Å². The van der Waals surface area contributed by atoms with Crippen LogP contribution in [-0.2, 0) is 0 Å². The smallest absolute Gasteiger partial charge is 0.289 e. The van der Waals surface area contributed by atoms with Crippen molar-refractivity contribution < 1.29 is 4.92 Å². The Morgan fingerprint density at radius 3 is 2.85 bits per heavy atom. The summed E-state index contributed by atoms with van der Waals surface area (Å²) in [6, 6.07) is 3.22. The lowest BCUT2D eigenvalue weighted by molar-refractivity contribution is -0.385. The molecule has 1 aromatic rings. The SMILES string of the molecule is CSC1(CNc2ncc([N+](=O)[O-])cc2C#N)CCCC1. The molecule has 1 fully saturated rings. The molecule has 0 spiro atoms. The molecule has 20 heavy (non-hydrogen) atoms. The lowest BCUT2D eigenvalue weighted by atomic mass is 10.1. The van der Waals surface area contributed by atoms with E-state index in [9.17, 15) is 10.1 Å². The van der Waals surface area contributed by atoms with Crippen molar-refractivity contribution in [1.29, 1.82) is 5.26 Å². The number of thioether (sulfide) groups is 1. The van der Waals surface area contributed by atoms with Crippen LogP contribution in [0, 0.1) is 21.4 Å². The molecule has 0 radical (unpaired) electrons. The highest BCUT2D eigenvalue weighted by Gasteiger charge is 2.33. The van der Waals surface area contributed by atoms with Crippen molar-refractivity contribution in [2.24, 2.45) is 0 Å². The van der Waals surface area contributed by atoms with Gasteiger partial charge >= 0.3 is 0 Å². The first-order chi connectivity index (χ1) is 9.60. The minimum absolute atomic E-state index is 0.160. The van der Waals surface area contributed by atoms with Crippen LogP contribution in [-0.4, -0.2) is 27.5 Å². The summed E-state index contributed by atoms with van der Waals surface area (Å²) in [7, 11) is 0. The van der Waals surface area contributed by atoms with Crippen molar-refractivity contribution in [3.63, 3.8) is 0 Å². The molecule has 0 unspecified atom stereocenters. The van der Waals surface area contributed by atoms with Gasteiger partial charge in [-0.15, -0.1) is 0 Å². The van der Waals surface area contributed by atoms with Gasteiger partial charge in [0.25, 0.3) is 5.69 Å². The number of nitrogens with one attached hydrogen (secondary N) is 1. The maximum absolute atomic E-state index is 10.7. The fraction of sp³-hybridized carbons (Fsp3) is 0.538. The lowest BCUT2D eigenvalue weighted by Gasteiger charge is -2.27. The molecule has 0 saturated heterocycles. The molecule has 1 aliphatic carbocycles. The van der Waals surface area contributed by atoms with Gasteiger partial charge in [0.15, 0.2) is 0 Å². The molecule has 1 saturated carbocycles. The van der Waals surface area contributed by atoms with E-state index in [0.717, 1.165) is 19.4 Å². The van der Waals surface area contributed by atoms with Crippen LogP contribution in [0.3, 0.4) is 0 Å². The summed E-state index contributed by atoms with van der Waals surface area (Å²) in [4.78, 5) is 14.1. The van der Waals surface area contributed by atoms with Crippen molar-refractivity contribution in [2.75, 3.05) is 18.1 Å². The highest BCUT2D eigenvalue weighted by molar-refractivity contribution is 8.00. The Bertz CT molecular complexity index is 550. The first-order valence-electron chi connectivity index (χ1n) is 6.44. The monoisotopic (exact) mass is 292 g/mol. The van der Waals surface area contributed by atoms with Gasteiger partial charge in [-0.2, -0.15) is 17.0 Å². The molecule has 6 nitrogen and oxygen atoms in total. The minimum Gasteiger partial charge on any atom is -0.368 e.